The van der Waals surface area contributed by atoms with Gasteiger partial charge in [-0.15, -0.1) is 0 Å². The van der Waals surface area contributed by atoms with E-state index in [2.05, 4.69) is 15.2 Å². The van der Waals surface area contributed by atoms with Gasteiger partial charge < -0.3 is 15.0 Å². The Bertz CT molecular complexity index is 1590. The summed E-state index contributed by atoms with van der Waals surface area (Å²) in [5, 5.41) is 3.76. The van der Waals surface area contributed by atoms with Gasteiger partial charge in [0.15, 0.2) is 5.69 Å². The number of fused-ring (bicyclic) bond motifs is 3. The number of sulfonamides is 1. The Kier molecular flexibility index (Phi) is 6.37. The van der Waals surface area contributed by atoms with Crippen LogP contribution in [0.25, 0.3) is 10.9 Å². The summed E-state index contributed by atoms with van der Waals surface area (Å²) >= 11 is 5.99. The van der Waals surface area contributed by atoms with E-state index in [-0.39, 0.29) is 34.2 Å². The fraction of sp³-hybridized carbons (Fsp3) is 0.417. The van der Waals surface area contributed by atoms with Crippen molar-refractivity contribution in [1.29, 1.82) is 0 Å². The lowest BCUT2D eigenvalue weighted by molar-refractivity contribution is 0.0976. The third kappa shape index (κ3) is 4.88. The van der Waals surface area contributed by atoms with E-state index in [1.807, 2.05) is 30.7 Å². The minimum Gasteiger partial charge on any atom is -0.377 e. The molecule has 0 radical (unpaired) electrons. The highest BCUT2D eigenvalue weighted by atomic mass is 35.5. The molecule has 2 aliphatic rings. The van der Waals surface area contributed by atoms with Crippen molar-refractivity contribution in [2.75, 3.05) is 29.6 Å². The normalized spacial score (nSPS) is 19.9. The minimum absolute atomic E-state index is 0.0385. The van der Waals surface area contributed by atoms with Crippen molar-refractivity contribution < 1.29 is 17.9 Å². The van der Waals surface area contributed by atoms with Gasteiger partial charge in [0.1, 0.15) is 5.15 Å². The molecule has 1 aromatic carbocycles. The van der Waals surface area contributed by atoms with Gasteiger partial charge in [-0.05, 0) is 44.0 Å². The van der Waals surface area contributed by atoms with Gasteiger partial charge >= 0.3 is 0 Å². The molecule has 3 atom stereocenters. The lowest BCUT2D eigenvalue weighted by atomic mass is 10.0. The smallest absolute Gasteiger partial charge is 0.285 e. The summed E-state index contributed by atoms with van der Waals surface area (Å²) in [5.41, 5.74) is 2.14. The molecule has 196 valence electrons. The quantitative estimate of drug-likeness (QED) is 0.445. The number of hydrogen-bond acceptors (Lipinski definition) is 9. The number of pyridine rings is 1. The number of carbonyl (C=O) groups is 1. The summed E-state index contributed by atoms with van der Waals surface area (Å²) in [5.74, 6) is -0.318. The largest absolute Gasteiger partial charge is 0.377 e. The molecule has 3 aromatic rings. The summed E-state index contributed by atoms with van der Waals surface area (Å²) in [4.78, 5) is 37.2. The van der Waals surface area contributed by atoms with Crippen LogP contribution in [0.3, 0.4) is 0 Å². The number of rotatable bonds is 6. The fourth-order valence-electron chi connectivity index (χ4n) is 5.03. The van der Waals surface area contributed by atoms with Gasteiger partial charge in [-0.1, -0.05) is 17.7 Å². The van der Waals surface area contributed by atoms with Crippen molar-refractivity contribution in [3.05, 3.63) is 56.6 Å². The number of benzene rings is 1. The van der Waals surface area contributed by atoms with Crippen LogP contribution in [0, 0.1) is 6.92 Å². The molecule has 11 nitrogen and oxygen atoms in total. The van der Waals surface area contributed by atoms with Crippen LogP contribution in [0.2, 0.25) is 5.15 Å². The van der Waals surface area contributed by atoms with Gasteiger partial charge in [0.2, 0.25) is 16.0 Å². The highest BCUT2D eigenvalue weighted by Gasteiger charge is 2.40. The first-order valence-electron chi connectivity index (χ1n) is 11.8. The number of nitrogens with zero attached hydrogens (tertiary/aromatic N) is 4. The Morgan fingerprint density at radius 3 is 2.68 bits per heavy atom. The molecule has 13 heteroatoms. The Hall–Kier alpha value is -3.22. The highest BCUT2D eigenvalue weighted by Crippen LogP contribution is 2.33. The van der Waals surface area contributed by atoms with Crippen LogP contribution in [-0.4, -0.2) is 60.4 Å². The third-order valence-corrected chi connectivity index (χ3v) is 7.45. The second-order valence-electron chi connectivity index (χ2n) is 9.62. The van der Waals surface area contributed by atoms with Crippen molar-refractivity contribution in [3.63, 3.8) is 0 Å². The minimum atomic E-state index is -3.81. The first-order valence-corrected chi connectivity index (χ1v) is 14.0. The Morgan fingerprint density at radius 2 is 2.03 bits per heavy atom. The van der Waals surface area contributed by atoms with Crippen molar-refractivity contribution in [2.24, 2.45) is 7.05 Å². The van der Waals surface area contributed by atoms with E-state index >= 15 is 0 Å². The molecule has 2 fully saturated rings. The van der Waals surface area contributed by atoms with Crippen molar-refractivity contribution in [3.8, 4) is 0 Å². The van der Waals surface area contributed by atoms with Gasteiger partial charge in [0.05, 0.1) is 47.6 Å². The first-order chi connectivity index (χ1) is 17.4. The van der Waals surface area contributed by atoms with Crippen LogP contribution in [0.4, 0.5) is 11.6 Å². The molecule has 2 aliphatic heterocycles. The van der Waals surface area contributed by atoms with E-state index in [1.54, 1.807) is 17.7 Å². The van der Waals surface area contributed by atoms with Crippen LogP contribution in [0.5, 0.6) is 0 Å². The summed E-state index contributed by atoms with van der Waals surface area (Å²) in [6, 6.07) is 6.56. The topological polar surface area (TPSA) is 136 Å². The number of hydrogen-bond donors (Lipinski definition) is 2. The second kappa shape index (κ2) is 9.26. The maximum atomic E-state index is 13.4. The van der Waals surface area contributed by atoms with Crippen LogP contribution in [0.1, 0.15) is 41.0 Å². The van der Waals surface area contributed by atoms with E-state index in [0.29, 0.717) is 30.0 Å². The molecule has 5 rings (SSSR count). The molecule has 2 saturated heterocycles. The number of morpholine rings is 1. The van der Waals surface area contributed by atoms with Gasteiger partial charge in [-0.3, -0.25) is 14.2 Å². The first kappa shape index (κ1) is 25.4. The molecule has 0 saturated carbocycles. The van der Waals surface area contributed by atoms with Crippen molar-refractivity contribution >= 4 is 50.1 Å². The lowest BCUT2D eigenvalue weighted by Crippen LogP contribution is -2.41. The molecule has 0 unspecified atom stereocenters. The number of amides is 1. The van der Waals surface area contributed by atoms with E-state index in [9.17, 15) is 18.0 Å². The zero-order valence-electron chi connectivity index (χ0n) is 20.8. The molecule has 2 aromatic heterocycles. The molecular formula is C24H27ClN6O5S. The standard InChI is InChI=1S/C24H27ClN6O5S/c1-12-7-16(13(2)26-18-5-6-19(25)27-21(18)22(32)29-37(4,34)35)20-17(8-12)23(33)30(3)24(28-20)31-10-15-9-14(31)11-36-15/h5-8,13-15,26H,9-11H2,1-4H3,(H,29,32)/t13-,14-,15-/m1/s1. The number of ether oxygens (including phenoxy) is 1. The van der Waals surface area contributed by atoms with Gasteiger partial charge in [0.25, 0.3) is 11.5 Å². The molecule has 1 amide bonds. The zero-order chi connectivity index (χ0) is 26.6. The van der Waals surface area contributed by atoms with Gasteiger partial charge in [0, 0.05) is 19.2 Å². The molecule has 2 bridgehead atoms. The Balaban J connectivity index is 1.57. The molecule has 37 heavy (non-hydrogen) atoms. The average Bonchev–Trinajstić information content (AvgIpc) is 3.45. The summed E-state index contributed by atoms with van der Waals surface area (Å²) in [6.07, 6.45) is 1.94. The maximum absolute atomic E-state index is 13.4. The van der Waals surface area contributed by atoms with E-state index in [1.165, 1.54) is 6.07 Å². The third-order valence-electron chi connectivity index (χ3n) is 6.68. The number of aromatic nitrogens is 3. The molecule has 2 N–H and O–H groups in total. The lowest BCUT2D eigenvalue weighted by Gasteiger charge is -2.29. The van der Waals surface area contributed by atoms with Crippen molar-refractivity contribution in [2.45, 2.75) is 38.5 Å². The van der Waals surface area contributed by atoms with Crippen LogP contribution >= 0.6 is 11.6 Å². The fourth-order valence-corrected chi connectivity index (χ4v) is 5.61. The SMILES string of the molecule is Cc1cc([C@@H](C)Nc2ccc(Cl)nc2C(=O)NS(C)(=O)=O)c2nc(N3C[C@H]4C[C@@H]3CO4)n(C)c(=O)c2c1. The van der Waals surface area contributed by atoms with Crippen LogP contribution in [-0.2, 0) is 21.8 Å². The Labute approximate surface area is 218 Å². The van der Waals surface area contributed by atoms with E-state index in [0.717, 1.165) is 23.8 Å². The van der Waals surface area contributed by atoms with E-state index in [4.69, 9.17) is 21.3 Å². The zero-order valence-corrected chi connectivity index (χ0v) is 22.4. The number of halogens is 1. The van der Waals surface area contributed by atoms with Crippen molar-refractivity contribution in [1.82, 2.24) is 19.3 Å². The number of anilines is 2. The number of carbonyl (C=O) groups excluding carboxylic acids is 1. The maximum Gasteiger partial charge on any atom is 0.285 e. The number of nitrogens with one attached hydrogen (secondary N) is 2. The van der Waals surface area contributed by atoms with Crippen LogP contribution < -0.4 is 20.5 Å². The van der Waals surface area contributed by atoms with E-state index < -0.39 is 22.0 Å². The average molecular weight is 547 g/mol. The Morgan fingerprint density at radius 1 is 1.27 bits per heavy atom. The van der Waals surface area contributed by atoms with Gasteiger partial charge in [-0.25, -0.2) is 23.1 Å². The summed E-state index contributed by atoms with van der Waals surface area (Å²) in [6.45, 7) is 5.06. The number of aryl methyl sites for hydroxylation is 1. The molecule has 4 heterocycles. The predicted octanol–water partition coefficient (Wildman–Crippen LogP) is 2.13. The van der Waals surface area contributed by atoms with Gasteiger partial charge in [-0.2, -0.15) is 0 Å². The second-order valence-corrected chi connectivity index (χ2v) is 11.8. The summed E-state index contributed by atoms with van der Waals surface area (Å²) in [7, 11) is -2.08. The monoisotopic (exact) mass is 546 g/mol. The summed E-state index contributed by atoms with van der Waals surface area (Å²) < 4.78 is 32.5. The predicted molar refractivity (Wildman–Crippen MR) is 141 cm³/mol. The molecular weight excluding hydrogens is 520 g/mol. The molecule has 0 aliphatic carbocycles. The highest BCUT2D eigenvalue weighted by molar-refractivity contribution is 7.89. The molecule has 0 spiro atoms. The van der Waals surface area contributed by atoms with Crippen LogP contribution in [0.15, 0.2) is 29.1 Å².